The Morgan fingerprint density at radius 2 is 1.80 bits per heavy atom. The van der Waals surface area contributed by atoms with Crippen LogP contribution in [0.1, 0.15) is 28.8 Å². The van der Waals surface area contributed by atoms with Gasteiger partial charge >= 0.3 is 0 Å². The molecule has 0 aliphatic carbocycles. The summed E-state index contributed by atoms with van der Waals surface area (Å²) < 4.78 is 6.13. The number of carbonyl (C=O) groups excluding carboxylic acids is 1. The van der Waals surface area contributed by atoms with Gasteiger partial charge in [-0.15, -0.1) is 0 Å². The molecule has 1 aliphatic heterocycles. The van der Waals surface area contributed by atoms with Gasteiger partial charge in [0.05, 0.1) is 11.8 Å². The van der Waals surface area contributed by atoms with Crippen molar-refractivity contribution in [1.82, 2.24) is 9.97 Å². The number of halogens is 1. The number of pyridine rings is 1. The smallest absolute Gasteiger partial charge is 0.153 e. The standard InChI is InChI=1S/C32H28ClN3O2.CH4O/c33-27-8-5-23(6-9-27)30-4-2-1-3-24(30)17-22-12-15-36(16-13-22)28-10-7-26(21-37)31(19-28)38-29-18-25-11-14-34-32(25)35-20-29;1-2/h1-11,14,18-22H,12-13,15-17H2,(H,34,35);2H,1H3. The van der Waals surface area contributed by atoms with Gasteiger partial charge in [-0.25, -0.2) is 4.98 Å². The Balaban J connectivity index is 0.00000158. The largest absolute Gasteiger partial charge is 0.455 e. The number of carbonyl (C=O) groups is 1. The van der Waals surface area contributed by atoms with E-state index in [-0.39, 0.29) is 0 Å². The summed E-state index contributed by atoms with van der Waals surface area (Å²) in [5, 5.41) is 8.72. The molecular weight excluding hydrogens is 522 g/mol. The first kappa shape index (κ1) is 27.4. The first-order valence-electron chi connectivity index (χ1n) is 13.4. The molecule has 1 saturated heterocycles. The number of fused-ring (bicyclic) bond motifs is 1. The van der Waals surface area contributed by atoms with Crippen LogP contribution < -0.4 is 9.64 Å². The molecule has 40 heavy (non-hydrogen) atoms. The molecular formula is C33H32ClN3O3. The van der Waals surface area contributed by atoms with Gasteiger partial charge in [0.1, 0.15) is 17.1 Å². The number of anilines is 1. The van der Waals surface area contributed by atoms with Gasteiger partial charge in [0.2, 0.25) is 0 Å². The maximum Gasteiger partial charge on any atom is 0.153 e. The number of aromatic amines is 1. The summed E-state index contributed by atoms with van der Waals surface area (Å²) >= 11 is 6.11. The van der Waals surface area contributed by atoms with E-state index < -0.39 is 0 Å². The number of aliphatic hydroxyl groups excluding tert-OH is 1. The number of hydrogen-bond acceptors (Lipinski definition) is 5. The van der Waals surface area contributed by atoms with E-state index >= 15 is 0 Å². The minimum Gasteiger partial charge on any atom is -0.455 e. The maximum absolute atomic E-state index is 11.7. The van der Waals surface area contributed by atoms with E-state index in [1.165, 1.54) is 16.7 Å². The molecule has 1 fully saturated rings. The first-order valence-corrected chi connectivity index (χ1v) is 13.8. The average Bonchev–Trinajstić information content (AvgIpc) is 3.47. The second-order valence-corrected chi connectivity index (χ2v) is 10.3. The van der Waals surface area contributed by atoms with Crippen LogP contribution in [0.4, 0.5) is 5.69 Å². The molecule has 0 atom stereocenters. The number of ether oxygens (including phenoxy) is 1. The Morgan fingerprint density at radius 1 is 1.02 bits per heavy atom. The number of benzene rings is 3. The highest BCUT2D eigenvalue weighted by molar-refractivity contribution is 6.30. The summed E-state index contributed by atoms with van der Waals surface area (Å²) in [5.74, 6) is 1.77. The predicted molar refractivity (Wildman–Crippen MR) is 162 cm³/mol. The molecule has 1 aliphatic rings. The van der Waals surface area contributed by atoms with Crippen molar-refractivity contribution in [2.45, 2.75) is 19.3 Å². The Bertz CT molecular complexity index is 1570. The van der Waals surface area contributed by atoms with Crippen LogP contribution in [0, 0.1) is 5.92 Å². The molecule has 0 saturated carbocycles. The number of H-pyrrole nitrogens is 1. The van der Waals surface area contributed by atoms with Crippen LogP contribution in [0.15, 0.2) is 91.3 Å². The molecule has 6 nitrogen and oxygen atoms in total. The van der Waals surface area contributed by atoms with Gasteiger partial charge in [0, 0.05) is 48.6 Å². The van der Waals surface area contributed by atoms with E-state index in [1.807, 2.05) is 48.7 Å². The van der Waals surface area contributed by atoms with Crippen molar-refractivity contribution in [1.29, 1.82) is 0 Å². The molecule has 0 spiro atoms. The Morgan fingerprint density at radius 3 is 2.58 bits per heavy atom. The second-order valence-electron chi connectivity index (χ2n) is 9.83. The van der Waals surface area contributed by atoms with Gasteiger partial charge in [-0.3, -0.25) is 4.79 Å². The van der Waals surface area contributed by atoms with Gasteiger partial charge in [-0.05, 0) is 78.3 Å². The summed E-state index contributed by atoms with van der Waals surface area (Å²) in [7, 11) is 1.00. The van der Waals surface area contributed by atoms with E-state index in [1.54, 1.807) is 6.20 Å². The highest BCUT2D eigenvalue weighted by Gasteiger charge is 2.22. The fourth-order valence-electron chi connectivity index (χ4n) is 5.32. The van der Waals surface area contributed by atoms with Crippen molar-refractivity contribution >= 4 is 34.6 Å². The molecule has 3 heterocycles. The Labute approximate surface area is 239 Å². The zero-order valence-electron chi connectivity index (χ0n) is 22.4. The number of piperidine rings is 1. The van der Waals surface area contributed by atoms with Crippen LogP contribution in [0.5, 0.6) is 11.5 Å². The third kappa shape index (κ3) is 6.19. The molecule has 3 aromatic carbocycles. The van der Waals surface area contributed by atoms with E-state index in [9.17, 15) is 4.79 Å². The van der Waals surface area contributed by atoms with Crippen molar-refractivity contribution in [2.24, 2.45) is 5.92 Å². The number of aldehydes is 1. The molecule has 2 N–H and O–H groups in total. The van der Waals surface area contributed by atoms with Gasteiger partial charge in [0.15, 0.2) is 6.29 Å². The lowest BCUT2D eigenvalue weighted by Gasteiger charge is -2.34. The molecule has 5 aromatic rings. The molecule has 0 amide bonds. The Hall–Kier alpha value is -4.13. The van der Waals surface area contributed by atoms with Crippen LogP contribution in [0.25, 0.3) is 22.2 Å². The minimum atomic E-state index is 0.525. The van der Waals surface area contributed by atoms with E-state index in [0.717, 1.165) is 67.5 Å². The van der Waals surface area contributed by atoms with Crippen LogP contribution in [0.2, 0.25) is 5.02 Å². The number of aromatic nitrogens is 2. The zero-order chi connectivity index (χ0) is 27.9. The number of nitrogens with one attached hydrogen (secondary N) is 1. The molecule has 0 bridgehead atoms. The van der Waals surface area contributed by atoms with Crippen LogP contribution in [0.3, 0.4) is 0 Å². The van der Waals surface area contributed by atoms with Crippen LogP contribution >= 0.6 is 11.6 Å². The topological polar surface area (TPSA) is 78.4 Å². The zero-order valence-corrected chi connectivity index (χ0v) is 23.1. The molecule has 2 aromatic heterocycles. The molecule has 0 unspecified atom stereocenters. The second kappa shape index (κ2) is 12.8. The highest BCUT2D eigenvalue weighted by Crippen LogP contribution is 2.34. The molecule has 0 radical (unpaired) electrons. The van der Waals surface area contributed by atoms with Gasteiger partial charge < -0.3 is 19.7 Å². The summed E-state index contributed by atoms with van der Waals surface area (Å²) in [6.07, 6.45) is 7.63. The lowest BCUT2D eigenvalue weighted by Crippen LogP contribution is -2.34. The fourth-order valence-corrected chi connectivity index (χ4v) is 5.45. The monoisotopic (exact) mass is 553 g/mol. The van der Waals surface area contributed by atoms with E-state index in [4.69, 9.17) is 21.4 Å². The van der Waals surface area contributed by atoms with Crippen molar-refractivity contribution in [2.75, 3.05) is 25.1 Å². The third-order valence-corrected chi connectivity index (χ3v) is 7.64. The number of aliphatic hydroxyl groups is 1. The number of hydrogen-bond donors (Lipinski definition) is 2. The van der Waals surface area contributed by atoms with Crippen molar-refractivity contribution < 1.29 is 14.6 Å². The van der Waals surface area contributed by atoms with Crippen molar-refractivity contribution in [3.8, 4) is 22.6 Å². The first-order chi connectivity index (χ1) is 19.7. The lowest BCUT2D eigenvalue weighted by molar-refractivity contribution is 0.112. The SMILES string of the molecule is CO.O=Cc1ccc(N2CCC(Cc3ccccc3-c3ccc(Cl)cc3)CC2)cc1Oc1cnc2[nH]ccc2c1. The molecule has 7 heteroatoms. The number of nitrogens with zero attached hydrogens (tertiary/aromatic N) is 2. The quantitative estimate of drug-likeness (QED) is 0.203. The fraction of sp³-hybridized carbons (Fsp3) is 0.212. The molecule has 204 valence electrons. The Kier molecular flexibility index (Phi) is 8.79. The van der Waals surface area contributed by atoms with Crippen molar-refractivity contribution in [3.05, 3.63) is 107 Å². The molecule has 6 rings (SSSR count). The van der Waals surface area contributed by atoms with E-state index in [2.05, 4.69) is 51.3 Å². The third-order valence-electron chi connectivity index (χ3n) is 7.39. The summed E-state index contributed by atoms with van der Waals surface area (Å²) in [4.78, 5) is 21.6. The van der Waals surface area contributed by atoms with Crippen LogP contribution in [-0.2, 0) is 6.42 Å². The van der Waals surface area contributed by atoms with Crippen molar-refractivity contribution in [3.63, 3.8) is 0 Å². The van der Waals surface area contributed by atoms with E-state index in [0.29, 0.717) is 23.0 Å². The number of rotatable bonds is 7. The van der Waals surface area contributed by atoms with Crippen LogP contribution in [-0.4, -0.2) is 41.6 Å². The summed E-state index contributed by atoms with van der Waals surface area (Å²) in [5.41, 5.74) is 6.27. The lowest BCUT2D eigenvalue weighted by atomic mass is 9.87. The normalized spacial score (nSPS) is 13.5. The summed E-state index contributed by atoms with van der Waals surface area (Å²) in [6, 6.07) is 26.5. The predicted octanol–water partition coefficient (Wildman–Crippen LogP) is 7.56. The van der Waals surface area contributed by atoms with Gasteiger partial charge in [-0.1, -0.05) is 48.0 Å². The minimum absolute atomic E-state index is 0.525. The highest BCUT2D eigenvalue weighted by atomic mass is 35.5. The average molecular weight is 554 g/mol. The maximum atomic E-state index is 11.7. The van der Waals surface area contributed by atoms with Gasteiger partial charge in [0.25, 0.3) is 0 Å². The summed E-state index contributed by atoms with van der Waals surface area (Å²) in [6.45, 7) is 1.93. The van der Waals surface area contributed by atoms with Gasteiger partial charge in [-0.2, -0.15) is 0 Å².